The molecular formula is C15H20BrNO4S. The summed E-state index contributed by atoms with van der Waals surface area (Å²) in [5.74, 6) is -0.740. The second-order valence-corrected chi connectivity index (χ2v) is 8.05. The first-order valence-electron chi connectivity index (χ1n) is 7.05. The molecule has 0 aromatic carbocycles. The lowest BCUT2D eigenvalue weighted by atomic mass is 9.94. The monoisotopic (exact) mass is 389 g/mol. The van der Waals surface area contributed by atoms with Crippen LogP contribution < -0.4 is 5.32 Å². The topological polar surface area (TPSA) is 64.6 Å². The smallest absolute Gasteiger partial charge is 0.350 e. The zero-order chi connectivity index (χ0) is 16.5. The maximum Gasteiger partial charge on any atom is 0.350 e. The predicted octanol–water partition coefficient (Wildman–Crippen LogP) is 3.57. The molecule has 1 saturated heterocycles. The van der Waals surface area contributed by atoms with Crippen molar-refractivity contribution >= 4 is 44.8 Å². The van der Waals surface area contributed by atoms with Gasteiger partial charge in [0, 0.05) is 11.5 Å². The Kier molecular flexibility index (Phi) is 5.29. The molecule has 1 aromatic heterocycles. The number of methoxy groups -OCH3 is 1. The average molecular weight is 390 g/mol. The molecule has 0 aliphatic carbocycles. The highest BCUT2D eigenvalue weighted by Crippen LogP contribution is 2.44. The molecular weight excluding hydrogens is 370 g/mol. The van der Waals surface area contributed by atoms with E-state index in [-0.39, 0.29) is 17.2 Å². The second-order valence-electron chi connectivity index (χ2n) is 6.24. The first-order valence-corrected chi connectivity index (χ1v) is 8.66. The molecule has 2 rings (SSSR count). The standard InChI is InChI=1S/C15H20BrNO4S/c1-15(2,3)12-9(16)10(11(22-12)14(19)20-4)17-13(18)8-5-6-21-7-8/h8H,5-7H2,1-4H3,(H,17,18). The molecule has 2 heterocycles. The van der Waals surface area contributed by atoms with Crippen LogP contribution in [0.25, 0.3) is 0 Å². The van der Waals surface area contributed by atoms with Crippen LogP contribution in [0, 0.1) is 5.92 Å². The van der Waals surface area contributed by atoms with Crippen LogP contribution in [0.15, 0.2) is 4.47 Å². The van der Waals surface area contributed by atoms with E-state index in [1.54, 1.807) is 0 Å². The van der Waals surface area contributed by atoms with Crippen molar-refractivity contribution in [2.45, 2.75) is 32.6 Å². The SMILES string of the molecule is COC(=O)c1sc(C(C)(C)C)c(Br)c1NC(=O)C1CCOC1. The summed E-state index contributed by atoms with van der Waals surface area (Å²) in [5.41, 5.74) is 0.352. The number of rotatable bonds is 3. The van der Waals surface area contributed by atoms with Gasteiger partial charge in [0.25, 0.3) is 0 Å². The molecule has 7 heteroatoms. The van der Waals surface area contributed by atoms with Gasteiger partial charge in [0.2, 0.25) is 5.91 Å². The molecule has 5 nitrogen and oxygen atoms in total. The van der Waals surface area contributed by atoms with Gasteiger partial charge in [-0.15, -0.1) is 11.3 Å². The molecule has 1 amide bonds. The molecule has 1 aliphatic heterocycles. The lowest BCUT2D eigenvalue weighted by molar-refractivity contribution is -0.119. The van der Waals surface area contributed by atoms with E-state index in [9.17, 15) is 9.59 Å². The summed E-state index contributed by atoms with van der Waals surface area (Å²) in [4.78, 5) is 25.8. The van der Waals surface area contributed by atoms with Crippen LogP contribution in [0.5, 0.6) is 0 Å². The van der Waals surface area contributed by atoms with Crippen molar-refractivity contribution in [1.29, 1.82) is 0 Å². The van der Waals surface area contributed by atoms with Crippen LogP contribution in [0.2, 0.25) is 0 Å². The Balaban J connectivity index is 2.37. The van der Waals surface area contributed by atoms with Gasteiger partial charge >= 0.3 is 5.97 Å². The van der Waals surface area contributed by atoms with Crippen LogP contribution in [0.1, 0.15) is 41.7 Å². The Morgan fingerprint density at radius 1 is 1.41 bits per heavy atom. The van der Waals surface area contributed by atoms with Gasteiger partial charge < -0.3 is 14.8 Å². The molecule has 0 bridgehead atoms. The Labute approximate surface area is 142 Å². The molecule has 1 aromatic rings. The fourth-order valence-electron chi connectivity index (χ4n) is 2.21. The van der Waals surface area contributed by atoms with E-state index in [1.807, 2.05) is 0 Å². The lowest BCUT2D eigenvalue weighted by Crippen LogP contribution is -2.23. The largest absolute Gasteiger partial charge is 0.465 e. The Morgan fingerprint density at radius 3 is 2.59 bits per heavy atom. The maximum absolute atomic E-state index is 12.3. The number of carbonyl (C=O) groups is 2. The number of ether oxygens (including phenoxy) is 2. The third-order valence-corrected chi connectivity index (χ3v) is 6.10. The lowest BCUT2D eigenvalue weighted by Gasteiger charge is -2.17. The summed E-state index contributed by atoms with van der Waals surface area (Å²) >= 11 is 4.87. The normalized spacial score (nSPS) is 18.3. The molecule has 1 N–H and O–H groups in total. The quantitative estimate of drug-likeness (QED) is 0.802. The number of hydrogen-bond acceptors (Lipinski definition) is 5. The number of amides is 1. The van der Waals surface area contributed by atoms with Gasteiger partial charge in [-0.05, 0) is 27.8 Å². The van der Waals surface area contributed by atoms with E-state index >= 15 is 0 Å². The van der Waals surface area contributed by atoms with Crippen molar-refractivity contribution in [1.82, 2.24) is 0 Å². The predicted molar refractivity (Wildman–Crippen MR) is 89.6 cm³/mol. The molecule has 0 radical (unpaired) electrons. The zero-order valence-electron chi connectivity index (χ0n) is 13.1. The van der Waals surface area contributed by atoms with Crippen LogP contribution in [-0.4, -0.2) is 32.2 Å². The summed E-state index contributed by atoms with van der Waals surface area (Å²) in [6.07, 6.45) is 0.702. The summed E-state index contributed by atoms with van der Waals surface area (Å²) in [5, 5.41) is 2.87. The molecule has 1 unspecified atom stereocenters. The molecule has 0 spiro atoms. The number of thiophene rings is 1. The minimum Gasteiger partial charge on any atom is -0.465 e. The molecule has 22 heavy (non-hydrogen) atoms. The third-order valence-electron chi connectivity index (χ3n) is 3.45. The van der Waals surface area contributed by atoms with Crippen molar-refractivity contribution in [3.05, 3.63) is 14.2 Å². The molecule has 122 valence electrons. The van der Waals surface area contributed by atoms with Crippen LogP contribution >= 0.6 is 27.3 Å². The van der Waals surface area contributed by atoms with E-state index in [0.29, 0.717) is 30.2 Å². The van der Waals surface area contributed by atoms with Crippen LogP contribution in [0.4, 0.5) is 5.69 Å². The van der Waals surface area contributed by atoms with Gasteiger partial charge in [-0.2, -0.15) is 0 Å². The summed E-state index contributed by atoms with van der Waals surface area (Å²) in [6, 6.07) is 0. The number of esters is 1. The van der Waals surface area contributed by atoms with Crippen LogP contribution in [-0.2, 0) is 19.7 Å². The number of carbonyl (C=O) groups excluding carboxylic acids is 2. The third kappa shape index (κ3) is 3.52. The summed E-state index contributed by atoms with van der Waals surface area (Å²) in [6.45, 7) is 7.19. The minimum absolute atomic E-state index is 0.124. The highest BCUT2D eigenvalue weighted by Gasteiger charge is 2.31. The van der Waals surface area contributed by atoms with Crippen molar-refractivity contribution in [3.63, 3.8) is 0 Å². The molecule has 1 fully saturated rings. The maximum atomic E-state index is 12.3. The summed E-state index contributed by atoms with van der Waals surface area (Å²) < 4.78 is 10.8. The minimum atomic E-state index is -0.445. The molecule has 1 atom stereocenters. The van der Waals surface area contributed by atoms with Gasteiger partial charge in [-0.25, -0.2) is 4.79 Å². The van der Waals surface area contributed by atoms with Crippen molar-refractivity contribution in [3.8, 4) is 0 Å². The molecule has 0 saturated carbocycles. The highest BCUT2D eigenvalue weighted by atomic mass is 79.9. The van der Waals surface area contributed by atoms with E-state index in [1.165, 1.54) is 18.4 Å². The zero-order valence-corrected chi connectivity index (χ0v) is 15.5. The first kappa shape index (κ1) is 17.4. The van der Waals surface area contributed by atoms with Gasteiger partial charge in [0.15, 0.2) is 0 Å². The van der Waals surface area contributed by atoms with Crippen LogP contribution in [0.3, 0.4) is 0 Å². The number of halogens is 1. The van der Waals surface area contributed by atoms with Crippen molar-refractivity contribution < 1.29 is 19.1 Å². The Hall–Kier alpha value is -0.920. The van der Waals surface area contributed by atoms with E-state index < -0.39 is 5.97 Å². The number of nitrogens with one attached hydrogen (secondary N) is 1. The first-order chi connectivity index (χ1) is 10.3. The van der Waals surface area contributed by atoms with Gasteiger partial charge in [0.05, 0.1) is 29.8 Å². The van der Waals surface area contributed by atoms with E-state index in [4.69, 9.17) is 9.47 Å². The number of hydrogen-bond donors (Lipinski definition) is 1. The Morgan fingerprint density at radius 2 is 2.09 bits per heavy atom. The van der Waals surface area contributed by atoms with Crippen molar-refractivity contribution in [2.75, 3.05) is 25.6 Å². The van der Waals surface area contributed by atoms with Gasteiger partial charge in [-0.1, -0.05) is 20.8 Å². The fraction of sp³-hybridized carbons (Fsp3) is 0.600. The average Bonchev–Trinajstić information content (AvgIpc) is 3.06. The Bertz CT molecular complexity index is 585. The van der Waals surface area contributed by atoms with Crippen molar-refractivity contribution in [2.24, 2.45) is 5.92 Å². The summed E-state index contributed by atoms with van der Waals surface area (Å²) in [7, 11) is 1.34. The van der Waals surface area contributed by atoms with E-state index in [0.717, 1.165) is 9.35 Å². The molecule has 1 aliphatic rings. The van der Waals surface area contributed by atoms with Gasteiger partial charge in [-0.3, -0.25) is 4.79 Å². The fourth-order valence-corrected chi connectivity index (χ4v) is 4.60. The highest BCUT2D eigenvalue weighted by molar-refractivity contribution is 9.10. The number of anilines is 1. The van der Waals surface area contributed by atoms with Gasteiger partial charge in [0.1, 0.15) is 4.88 Å². The van der Waals surface area contributed by atoms with E-state index in [2.05, 4.69) is 42.0 Å². The second kappa shape index (κ2) is 6.68.